The molecule has 0 unspecified atom stereocenters. The predicted octanol–water partition coefficient (Wildman–Crippen LogP) is 1.59. The molecule has 0 atom stereocenters. The molecule has 0 radical (unpaired) electrons. The van der Waals surface area contributed by atoms with Crippen LogP contribution in [0.5, 0.6) is 0 Å². The van der Waals surface area contributed by atoms with Crippen molar-refractivity contribution in [3.63, 3.8) is 0 Å². The first-order valence-corrected chi connectivity index (χ1v) is 6.47. The summed E-state index contributed by atoms with van der Waals surface area (Å²) >= 11 is 6.03. The molecule has 0 aliphatic heterocycles. The van der Waals surface area contributed by atoms with Gasteiger partial charge in [0.1, 0.15) is 5.56 Å². The van der Waals surface area contributed by atoms with Crippen molar-refractivity contribution in [3.8, 4) is 11.8 Å². The molecule has 6 heteroatoms. The van der Waals surface area contributed by atoms with Gasteiger partial charge in [0.15, 0.2) is 0 Å². The molecule has 5 nitrogen and oxygen atoms in total. The number of nitrogens with one attached hydrogen (secondary N) is 2. The minimum Gasteiger partial charge on any atom is -0.328 e. The zero-order valence-corrected chi connectivity index (χ0v) is 11.7. The molecule has 0 aliphatic rings. The number of carbonyl (C=O) groups excluding carboxylic acids is 1. The summed E-state index contributed by atoms with van der Waals surface area (Å²) in [7, 11) is 0. The lowest BCUT2D eigenvalue weighted by Gasteiger charge is -2.07. The van der Waals surface area contributed by atoms with Crippen LogP contribution in [0.2, 0.25) is 5.02 Å². The highest BCUT2D eigenvalue weighted by molar-refractivity contribution is 6.34. The van der Waals surface area contributed by atoms with Crippen LogP contribution in [-0.2, 0) is 0 Å². The number of halogens is 1. The highest BCUT2D eigenvalue weighted by Gasteiger charge is 2.11. The number of H-pyrrole nitrogens is 1. The standard InChI is InChI=1S/C15H12ClN3O2/c16-12-6-5-10(3-1-7-17)9-13(12)19-15(21)11-4-2-8-18-14(11)20/h2,4-6,8-9H,7,17H2,(H,18,20)(H,19,21). The molecular formula is C15H12ClN3O2. The van der Waals surface area contributed by atoms with E-state index in [4.69, 9.17) is 17.3 Å². The third kappa shape index (κ3) is 3.72. The number of carbonyl (C=O) groups is 1. The Bertz CT molecular complexity index is 787. The summed E-state index contributed by atoms with van der Waals surface area (Å²) in [6, 6.07) is 7.96. The Balaban J connectivity index is 2.29. The van der Waals surface area contributed by atoms with Crippen molar-refractivity contribution in [1.82, 2.24) is 4.98 Å². The summed E-state index contributed by atoms with van der Waals surface area (Å²) in [4.78, 5) is 26.1. The SMILES string of the molecule is NCC#Cc1ccc(Cl)c(NC(=O)c2ccc[nH]c2=O)c1. The molecule has 1 amide bonds. The van der Waals surface area contributed by atoms with E-state index in [1.807, 2.05) is 0 Å². The molecule has 2 aromatic rings. The number of aromatic nitrogens is 1. The zero-order valence-electron chi connectivity index (χ0n) is 10.9. The highest BCUT2D eigenvalue weighted by atomic mass is 35.5. The monoisotopic (exact) mass is 301 g/mol. The molecule has 1 aromatic heterocycles. The number of anilines is 1. The van der Waals surface area contributed by atoms with Crippen LogP contribution in [0, 0.1) is 11.8 Å². The maximum atomic E-state index is 12.1. The van der Waals surface area contributed by atoms with E-state index >= 15 is 0 Å². The molecule has 2 rings (SSSR count). The van der Waals surface area contributed by atoms with Gasteiger partial charge in [0.2, 0.25) is 0 Å². The smallest absolute Gasteiger partial charge is 0.261 e. The topological polar surface area (TPSA) is 88.0 Å². The Labute approximate surface area is 126 Å². The van der Waals surface area contributed by atoms with E-state index in [9.17, 15) is 9.59 Å². The zero-order chi connectivity index (χ0) is 15.2. The van der Waals surface area contributed by atoms with Gasteiger partial charge in [0.05, 0.1) is 17.3 Å². The number of benzene rings is 1. The normalized spacial score (nSPS) is 9.62. The third-order valence-electron chi connectivity index (χ3n) is 2.61. The van der Waals surface area contributed by atoms with E-state index in [1.54, 1.807) is 24.3 Å². The number of nitrogens with two attached hydrogens (primary N) is 1. The van der Waals surface area contributed by atoms with Crippen LogP contribution in [0.3, 0.4) is 0 Å². The van der Waals surface area contributed by atoms with Gasteiger partial charge in [-0.3, -0.25) is 9.59 Å². The number of pyridine rings is 1. The van der Waals surface area contributed by atoms with Crippen LogP contribution in [0.4, 0.5) is 5.69 Å². The van der Waals surface area contributed by atoms with Crippen LogP contribution in [0.25, 0.3) is 0 Å². The van der Waals surface area contributed by atoms with Crippen LogP contribution in [-0.4, -0.2) is 17.4 Å². The van der Waals surface area contributed by atoms with Crippen LogP contribution >= 0.6 is 11.6 Å². The van der Waals surface area contributed by atoms with E-state index < -0.39 is 11.5 Å². The molecule has 0 saturated carbocycles. The summed E-state index contributed by atoms with van der Waals surface area (Å²) in [6.07, 6.45) is 1.45. The van der Waals surface area contributed by atoms with E-state index in [0.717, 1.165) is 0 Å². The second kappa shape index (κ2) is 6.75. The molecule has 1 aromatic carbocycles. The Hall–Kier alpha value is -2.55. The van der Waals surface area contributed by atoms with E-state index in [0.29, 0.717) is 16.3 Å². The second-order valence-corrected chi connectivity index (χ2v) is 4.47. The molecule has 0 aliphatic carbocycles. The van der Waals surface area contributed by atoms with Gasteiger partial charge in [0, 0.05) is 11.8 Å². The van der Waals surface area contributed by atoms with Crippen molar-refractivity contribution in [2.75, 3.05) is 11.9 Å². The minimum atomic E-state index is -0.539. The number of hydrogen-bond donors (Lipinski definition) is 3. The summed E-state index contributed by atoms with van der Waals surface area (Å²) in [6.45, 7) is 0.240. The summed E-state index contributed by atoms with van der Waals surface area (Å²) in [5.74, 6) is 5.02. The molecule has 106 valence electrons. The van der Waals surface area contributed by atoms with Crippen molar-refractivity contribution < 1.29 is 4.79 Å². The van der Waals surface area contributed by atoms with Gasteiger partial charge >= 0.3 is 0 Å². The first-order chi connectivity index (χ1) is 10.1. The fraction of sp³-hybridized carbons (Fsp3) is 0.0667. The fourth-order valence-corrected chi connectivity index (χ4v) is 1.81. The summed E-state index contributed by atoms with van der Waals surface area (Å²) in [5, 5.41) is 2.95. The maximum absolute atomic E-state index is 12.1. The Kier molecular flexibility index (Phi) is 4.77. The summed E-state index contributed by atoms with van der Waals surface area (Å²) in [5.41, 5.74) is 5.90. The van der Waals surface area contributed by atoms with E-state index in [1.165, 1.54) is 12.3 Å². The molecule has 21 heavy (non-hydrogen) atoms. The average Bonchev–Trinajstić information content (AvgIpc) is 2.48. The quantitative estimate of drug-likeness (QED) is 0.736. The molecule has 0 bridgehead atoms. The van der Waals surface area contributed by atoms with Gasteiger partial charge in [-0.15, -0.1) is 0 Å². The molecule has 0 saturated heterocycles. The summed E-state index contributed by atoms with van der Waals surface area (Å²) < 4.78 is 0. The largest absolute Gasteiger partial charge is 0.328 e. The Morgan fingerprint density at radius 3 is 2.90 bits per heavy atom. The molecule has 0 spiro atoms. The van der Waals surface area contributed by atoms with E-state index in [2.05, 4.69) is 22.1 Å². The molecule has 0 fully saturated rings. The first kappa shape index (κ1) is 14.9. The number of aromatic amines is 1. The van der Waals surface area contributed by atoms with Crippen molar-refractivity contribution in [2.24, 2.45) is 5.73 Å². The molecule has 1 heterocycles. The van der Waals surface area contributed by atoms with Crippen LogP contribution in [0.15, 0.2) is 41.3 Å². The molecule has 4 N–H and O–H groups in total. The second-order valence-electron chi connectivity index (χ2n) is 4.07. The molecular weight excluding hydrogens is 290 g/mol. The number of hydrogen-bond acceptors (Lipinski definition) is 3. The van der Waals surface area contributed by atoms with Crippen molar-refractivity contribution in [1.29, 1.82) is 0 Å². The average molecular weight is 302 g/mol. The lowest BCUT2D eigenvalue weighted by molar-refractivity contribution is 0.102. The van der Waals surface area contributed by atoms with Crippen LogP contribution < -0.4 is 16.6 Å². The van der Waals surface area contributed by atoms with Crippen molar-refractivity contribution in [3.05, 3.63) is 63.0 Å². The lowest BCUT2D eigenvalue weighted by atomic mass is 10.2. The minimum absolute atomic E-state index is 0.00649. The highest BCUT2D eigenvalue weighted by Crippen LogP contribution is 2.23. The fourth-order valence-electron chi connectivity index (χ4n) is 1.64. The van der Waals surface area contributed by atoms with Gasteiger partial charge < -0.3 is 16.0 Å². The van der Waals surface area contributed by atoms with Gasteiger partial charge in [-0.25, -0.2) is 0 Å². The Morgan fingerprint density at radius 2 is 2.19 bits per heavy atom. The lowest BCUT2D eigenvalue weighted by Crippen LogP contribution is -2.22. The van der Waals surface area contributed by atoms with Gasteiger partial charge in [-0.1, -0.05) is 23.4 Å². The van der Waals surface area contributed by atoms with Gasteiger partial charge in [-0.2, -0.15) is 0 Å². The first-order valence-electron chi connectivity index (χ1n) is 6.09. The van der Waals surface area contributed by atoms with Gasteiger partial charge in [0.25, 0.3) is 11.5 Å². The van der Waals surface area contributed by atoms with Crippen LogP contribution in [0.1, 0.15) is 15.9 Å². The van der Waals surface area contributed by atoms with Crippen molar-refractivity contribution >= 4 is 23.2 Å². The third-order valence-corrected chi connectivity index (χ3v) is 2.94. The number of amides is 1. The van der Waals surface area contributed by atoms with E-state index in [-0.39, 0.29) is 12.1 Å². The van der Waals surface area contributed by atoms with Crippen molar-refractivity contribution in [2.45, 2.75) is 0 Å². The number of rotatable bonds is 2. The predicted molar refractivity (Wildman–Crippen MR) is 82.4 cm³/mol. The maximum Gasteiger partial charge on any atom is 0.261 e. The van der Waals surface area contributed by atoms with Gasteiger partial charge in [-0.05, 0) is 30.3 Å². The Morgan fingerprint density at radius 1 is 1.38 bits per heavy atom.